The molecule has 0 spiro atoms. The summed E-state index contributed by atoms with van der Waals surface area (Å²) in [7, 11) is 0. The lowest BCUT2D eigenvalue weighted by Gasteiger charge is -2.21. The van der Waals surface area contributed by atoms with Crippen LogP contribution in [0.25, 0.3) is 0 Å². The molecule has 0 N–H and O–H groups in total. The van der Waals surface area contributed by atoms with Crippen molar-refractivity contribution in [2.24, 2.45) is 5.92 Å². The fourth-order valence-electron chi connectivity index (χ4n) is 2.04. The number of carbonyl (C=O) groups excluding carboxylic acids is 3. The van der Waals surface area contributed by atoms with E-state index < -0.39 is 23.4 Å². The molecule has 1 aromatic carbocycles. The summed E-state index contributed by atoms with van der Waals surface area (Å²) in [6.07, 6.45) is -0.136. The largest absolute Gasteiger partial charge is 0.459 e. The van der Waals surface area contributed by atoms with Crippen molar-refractivity contribution in [2.45, 2.75) is 32.8 Å². The smallest absolute Gasteiger partial charge is 0.319 e. The lowest BCUT2D eigenvalue weighted by Crippen LogP contribution is -2.35. The van der Waals surface area contributed by atoms with Crippen LogP contribution >= 0.6 is 0 Å². The molecule has 5 heteroatoms. The SMILES string of the molecule is CC(C)(C)OC(=O)C1CC(=O)N(c2ccccc2)C1=O. The van der Waals surface area contributed by atoms with Gasteiger partial charge in [-0.25, -0.2) is 4.90 Å². The van der Waals surface area contributed by atoms with E-state index >= 15 is 0 Å². The predicted octanol–water partition coefficient (Wildman–Crippen LogP) is 1.91. The first-order valence-electron chi connectivity index (χ1n) is 6.44. The number of esters is 1. The van der Waals surface area contributed by atoms with Crippen LogP contribution in [-0.2, 0) is 19.1 Å². The second kappa shape index (κ2) is 5.07. The van der Waals surface area contributed by atoms with Gasteiger partial charge in [0.1, 0.15) is 11.5 Å². The highest BCUT2D eigenvalue weighted by molar-refractivity contribution is 6.26. The van der Waals surface area contributed by atoms with E-state index in [1.165, 1.54) is 0 Å². The van der Waals surface area contributed by atoms with Crippen molar-refractivity contribution < 1.29 is 19.1 Å². The Morgan fingerprint density at radius 2 is 1.80 bits per heavy atom. The third kappa shape index (κ3) is 2.87. The molecule has 1 aromatic rings. The third-order valence-electron chi connectivity index (χ3n) is 2.85. The monoisotopic (exact) mass is 275 g/mol. The van der Waals surface area contributed by atoms with E-state index in [4.69, 9.17) is 4.74 Å². The molecule has 106 valence electrons. The molecule has 20 heavy (non-hydrogen) atoms. The lowest BCUT2D eigenvalue weighted by molar-refractivity contribution is -0.161. The average molecular weight is 275 g/mol. The van der Waals surface area contributed by atoms with E-state index in [2.05, 4.69) is 0 Å². The number of benzene rings is 1. The van der Waals surface area contributed by atoms with Crippen LogP contribution in [-0.4, -0.2) is 23.4 Å². The van der Waals surface area contributed by atoms with Crippen molar-refractivity contribution in [3.63, 3.8) is 0 Å². The van der Waals surface area contributed by atoms with Gasteiger partial charge in [0.2, 0.25) is 11.8 Å². The number of hydrogen-bond donors (Lipinski definition) is 0. The Morgan fingerprint density at radius 1 is 1.20 bits per heavy atom. The van der Waals surface area contributed by atoms with Crippen LogP contribution in [0.1, 0.15) is 27.2 Å². The van der Waals surface area contributed by atoms with Crippen LogP contribution in [0.2, 0.25) is 0 Å². The zero-order valence-corrected chi connectivity index (χ0v) is 11.8. The topological polar surface area (TPSA) is 63.7 Å². The van der Waals surface area contributed by atoms with Crippen LogP contribution in [0.4, 0.5) is 5.69 Å². The zero-order valence-electron chi connectivity index (χ0n) is 11.8. The normalized spacial score (nSPS) is 19.4. The molecule has 5 nitrogen and oxygen atoms in total. The Hall–Kier alpha value is -2.17. The Morgan fingerprint density at radius 3 is 2.35 bits per heavy atom. The van der Waals surface area contributed by atoms with E-state index in [0.29, 0.717) is 5.69 Å². The molecule has 2 amide bonds. The van der Waals surface area contributed by atoms with Crippen molar-refractivity contribution >= 4 is 23.5 Å². The molecule has 1 atom stereocenters. The van der Waals surface area contributed by atoms with Gasteiger partial charge in [-0.3, -0.25) is 14.4 Å². The van der Waals surface area contributed by atoms with Crippen LogP contribution in [0.15, 0.2) is 30.3 Å². The summed E-state index contributed by atoms with van der Waals surface area (Å²) in [4.78, 5) is 37.2. The zero-order chi connectivity index (χ0) is 14.9. The second-order valence-corrected chi connectivity index (χ2v) is 5.69. The molecule has 0 aromatic heterocycles. The van der Waals surface area contributed by atoms with Gasteiger partial charge in [0.05, 0.1) is 5.69 Å². The van der Waals surface area contributed by atoms with Crippen molar-refractivity contribution in [3.05, 3.63) is 30.3 Å². The number of anilines is 1. The maximum atomic E-state index is 12.2. The minimum absolute atomic E-state index is 0.136. The van der Waals surface area contributed by atoms with E-state index in [1.54, 1.807) is 51.1 Å². The van der Waals surface area contributed by atoms with Gasteiger partial charge in [-0.1, -0.05) is 18.2 Å². The summed E-state index contributed by atoms with van der Waals surface area (Å²) in [5, 5.41) is 0. The first kappa shape index (κ1) is 14.2. The molecule has 1 unspecified atom stereocenters. The Kier molecular flexibility index (Phi) is 3.61. The van der Waals surface area contributed by atoms with E-state index in [1.807, 2.05) is 0 Å². The third-order valence-corrected chi connectivity index (χ3v) is 2.85. The molecular weight excluding hydrogens is 258 g/mol. The quantitative estimate of drug-likeness (QED) is 0.470. The van der Waals surface area contributed by atoms with E-state index in [9.17, 15) is 14.4 Å². The van der Waals surface area contributed by atoms with Gasteiger partial charge in [0, 0.05) is 6.42 Å². The van der Waals surface area contributed by atoms with Gasteiger partial charge in [0.25, 0.3) is 0 Å². The number of ether oxygens (including phenoxy) is 1. The number of amides is 2. The summed E-state index contributed by atoms with van der Waals surface area (Å²) in [5.41, 5.74) is -0.200. The minimum Gasteiger partial charge on any atom is -0.459 e. The van der Waals surface area contributed by atoms with Crippen molar-refractivity contribution in [1.82, 2.24) is 0 Å². The Labute approximate surface area is 117 Å². The molecule has 1 heterocycles. The van der Waals surface area contributed by atoms with Crippen molar-refractivity contribution in [1.29, 1.82) is 0 Å². The summed E-state index contributed by atoms with van der Waals surface area (Å²) < 4.78 is 5.19. The van der Waals surface area contributed by atoms with E-state index in [0.717, 1.165) is 4.90 Å². The van der Waals surface area contributed by atoms with Crippen LogP contribution in [0.3, 0.4) is 0 Å². The first-order valence-corrected chi connectivity index (χ1v) is 6.44. The summed E-state index contributed by atoms with van der Waals surface area (Å²) in [6.45, 7) is 5.17. The number of carbonyl (C=O) groups is 3. The molecule has 1 aliphatic rings. The molecular formula is C15H17NO4. The number of nitrogens with zero attached hydrogens (tertiary/aromatic N) is 1. The fraction of sp³-hybridized carbons (Fsp3) is 0.400. The second-order valence-electron chi connectivity index (χ2n) is 5.69. The molecule has 2 rings (SSSR count). The summed E-state index contributed by atoms with van der Waals surface area (Å²) >= 11 is 0. The summed E-state index contributed by atoms with van der Waals surface area (Å²) in [5.74, 6) is -2.58. The molecule has 1 saturated heterocycles. The van der Waals surface area contributed by atoms with Gasteiger partial charge in [-0.15, -0.1) is 0 Å². The molecule has 0 bridgehead atoms. The van der Waals surface area contributed by atoms with Crippen LogP contribution < -0.4 is 4.90 Å². The van der Waals surface area contributed by atoms with Gasteiger partial charge in [-0.05, 0) is 32.9 Å². The van der Waals surface area contributed by atoms with E-state index in [-0.39, 0.29) is 12.3 Å². The predicted molar refractivity (Wildman–Crippen MR) is 72.9 cm³/mol. The average Bonchev–Trinajstić information content (AvgIpc) is 2.64. The number of rotatable bonds is 2. The van der Waals surface area contributed by atoms with Crippen LogP contribution in [0, 0.1) is 5.92 Å². The molecule has 0 aliphatic carbocycles. The highest BCUT2D eigenvalue weighted by atomic mass is 16.6. The molecule has 0 saturated carbocycles. The lowest BCUT2D eigenvalue weighted by atomic mass is 10.1. The number of imide groups is 1. The highest BCUT2D eigenvalue weighted by Crippen LogP contribution is 2.28. The standard InChI is InChI=1S/C15H17NO4/c1-15(2,3)20-14(19)11-9-12(17)16(13(11)18)10-7-5-4-6-8-10/h4-8,11H,9H2,1-3H3. The number of hydrogen-bond acceptors (Lipinski definition) is 4. The Balaban J connectivity index is 2.19. The summed E-state index contributed by atoms with van der Waals surface area (Å²) in [6, 6.07) is 8.58. The van der Waals surface area contributed by atoms with Crippen molar-refractivity contribution in [2.75, 3.05) is 4.90 Å². The maximum Gasteiger partial charge on any atom is 0.319 e. The molecule has 1 aliphatic heterocycles. The van der Waals surface area contributed by atoms with Crippen molar-refractivity contribution in [3.8, 4) is 0 Å². The highest BCUT2D eigenvalue weighted by Gasteiger charge is 2.45. The number of para-hydroxylation sites is 1. The first-order chi connectivity index (χ1) is 9.29. The van der Waals surface area contributed by atoms with Gasteiger partial charge < -0.3 is 4.74 Å². The fourth-order valence-corrected chi connectivity index (χ4v) is 2.04. The molecule has 1 fully saturated rings. The molecule has 0 radical (unpaired) electrons. The van der Waals surface area contributed by atoms with Crippen LogP contribution in [0.5, 0.6) is 0 Å². The maximum absolute atomic E-state index is 12.2. The van der Waals surface area contributed by atoms with Gasteiger partial charge >= 0.3 is 5.97 Å². The van der Waals surface area contributed by atoms with Gasteiger partial charge in [-0.2, -0.15) is 0 Å². The minimum atomic E-state index is -1.04. The van der Waals surface area contributed by atoms with Gasteiger partial charge in [0.15, 0.2) is 0 Å². The Bertz CT molecular complexity index is 545.